The van der Waals surface area contributed by atoms with E-state index >= 15 is 0 Å². The lowest BCUT2D eigenvalue weighted by atomic mass is 9.81. The van der Waals surface area contributed by atoms with Gasteiger partial charge in [0.15, 0.2) is 6.29 Å². The van der Waals surface area contributed by atoms with E-state index in [-0.39, 0.29) is 5.92 Å². The van der Waals surface area contributed by atoms with E-state index in [0.717, 1.165) is 18.5 Å². The Morgan fingerprint density at radius 2 is 1.95 bits per heavy atom. The lowest BCUT2D eigenvalue weighted by Gasteiger charge is -2.43. The average molecular weight is 534 g/mol. The van der Waals surface area contributed by atoms with Crippen molar-refractivity contribution in [3.8, 4) is 0 Å². The third-order valence-corrected chi connectivity index (χ3v) is 7.29. The van der Waals surface area contributed by atoms with Crippen molar-refractivity contribution >= 4 is 16.9 Å². The van der Waals surface area contributed by atoms with Crippen LogP contribution in [0.3, 0.4) is 0 Å². The topological polar surface area (TPSA) is 167 Å². The fourth-order valence-corrected chi connectivity index (χ4v) is 5.13. The molecule has 1 fully saturated rings. The van der Waals surface area contributed by atoms with Gasteiger partial charge in [0.25, 0.3) is 0 Å². The standard InChI is InChI=1S/C27H36N2O9/c1-3-16-18(9-11-28-10-8-15-12-29-20-7-5-4-6-17(15)20)19(25(34)35-2)14-36-26(16)38-27-24(33)23(32)22(31)21(13-30)37-27/h3-7,12,14,16,18,21-24,26-33H,1,8-11,13H2,2H3/p+1/t16-,18+,21-,22-,23+,24-,26+,27+/m1/s1. The summed E-state index contributed by atoms with van der Waals surface area (Å²) >= 11 is 0. The van der Waals surface area contributed by atoms with Gasteiger partial charge in [0.2, 0.25) is 6.29 Å². The van der Waals surface area contributed by atoms with Crippen molar-refractivity contribution < 1.29 is 49.5 Å². The second kappa shape index (κ2) is 12.9. The Balaban J connectivity index is 1.39. The number of quaternary nitrogens is 1. The van der Waals surface area contributed by atoms with E-state index in [2.05, 4.69) is 22.9 Å². The van der Waals surface area contributed by atoms with Gasteiger partial charge in [-0.25, -0.2) is 4.79 Å². The molecule has 8 atom stereocenters. The van der Waals surface area contributed by atoms with Gasteiger partial charge in [-0.1, -0.05) is 24.3 Å². The van der Waals surface area contributed by atoms with Crippen molar-refractivity contribution in [3.63, 3.8) is 0 Å². The number of fused-ring (bicyclic) bond motifs is 1. The minimum Gasteiger partial charge on any atom is -0.471 e. The van der Waals surface area contributed by atoms with Crippen LogP contribution in [0.1, 0.15) is 12.0 Å². The number of H-pyrrole nitrogens is 1. The molecular formula is C27H37N2O9+. The number of aliphatic hydroxyl groups excluding tert-OH is 4. The van der Waals surface area contributed by atoms with E-state index in [0.29, 0.717) is 18.5 Å². The van der Waals surface area contributed by atoms with Crippen LogP contribution < -0.4 is 5.32 Å². The van der Waals surface area contributed by atoms with Gasteiger partial charge < -0.3 is 49.7 Å². The quantitative estimate of drug-likeness (QED) is 0.124. The molecule has 1 aromatic carbocycles. The molecule has 0 radical (unpaired) electrons. The maximum atomic E-state index is 12.5. The van der Waals surface area contributed by atoms with Crippen molar-refractivity contribution in [1.29, 1.82) is 0 Å². The first-order valence-electron chi connectivity index (χ1n) is 12.8. The van der Waals surface area contributed by atoms with Gasteiger partial charge in [0.1, 0.15) is 24.4 Å². The summed E-state index contributed by atoms with van der Waals surface area (Å²) in [5.41, 5.74) is 2.70. The molecule has 1 saturated heterocycles. The van der Waals surface area contributed by atoms with Crippen molar-refractivity contribution in [2.24, 2.45) is 11.8 Å². The number of para-hydroxylation sites is 1. The Labute approximate surface area is 220 Å². The molecule has 0 amide bonds. The molecule has 0 bridgehead atoms. The van der Waals surface area contributed by atoms with E-state index in [1.165, 1.54) is 24.3 Å². The number of methoxy groups -OCH3 is 1. The Kier molecular flexibility index (Phi) is 9.55. The molecule has 11 nitrogen and oxygen atoms in total. The van der Waals surface area contributed by atoms with Gasteiger partial charge in [0.05, 0.1) is 38.6 Å². The monoisotopic (exact) mass is 533 g/mol. The normalized spacial score (nSPS) is 31.4. The van der Waals surface area contributed by atoms with Gasteiger partial charge >= 0.3 is 5.97 Å². The molecule has 2 aliphatic heterocycles. The molecule has 2 aliphatic rings. The number of benzene rings is 1. The summed E-state index contributed by atoms with van der Waals surface area (Å²) in [6, 6.07) is 8.17. The molecule has 1 aromatic heterocycles. The van der Waals surface area contributed by atoms with Crippen LogP contribution in [-0.4, -0.2) is 95.2 Å². The van der Waals surface area contributed by atoms with Gasteiger partial charge in [0, 0.05) is 41.8 Å². The van der Waals surface area contributed by atoms with Crippen molar-refractivity contribution in [2.75, 3.05) is 26.8 Å². The fraction of sp³-hybridized carbons (Fsp3) is 0.519. The summed E-state index contributed by atoms with van der Waals surface area (Å²) in [6.45, 7) is 4.88. The number of nitrogens with two attached hydrogens (primary N) is 1. The summed E-state index contributed by atoms with van der Waals surface area (Å²) in [6.07, 6.45) is -1.77. The Morgan fingerprint density at radius 3 is 2.68 bits per heavy atom. The number of aromatic nitrogens is 1. The van der Waals surface area contributed by atoms with Crippen LogP contribution >= 0.6 is 0 Å². The highest BCUT2D eigenvalue weighted by molar-refractivity contribution is 5.89. The maximum Gasteiger partial charge on any atom is 0.337 e. The van der Waals surface area contributed by atoms with Gasteiger partial charge in [-0.15, -0.1) is 6.58 Å². The van der Waals surface area contributed by atoms with Crippen LogP contribution in [0.15, 0.2) is 55.0 Å². The summed E-state index contributed by atoms with van der Waals surface area (Å²) in [5.74, 6) is -1.39. The van der Waals surface area contributed by atoms with E-state index in [9.17, 15) is 25.2 Å². The SMILES string of the molecule is C=C[C@H]1[C@H](O[C@@H]2O[C@H](CO)[C@@H](O)[C@H](O)[C@H]2O)OC=C(C(=O)OC)[C@H]1CC[NH2+]CCc1c[nH]c2ccccc12. The first-order valence-corrected chi connectivity index (χ1v) is 12.8. The highest BCUT2D eigenvalue weighted by Crippen LogP contribution is 2.36. The van der Waals surface area contributed by atoms with E-state index < -0.39 is 55.5 Å². The number of ether oxygens (including phenoxy) is 4. The third-order valence-electron chi connectivity index (χ3n) is 7.29. The number of carbonyl (C=O) groups excluding carboxylic acids is 1. The third kappa shape index (κ3) is 5.94. The number of aliphatic hydroxyl groups is 4. The average Bonchev–Trinajstić information content (AvgIpc) is 3.35. The zero-order valence-electron chi connectivity index (χ0n) is 21.3. The number of rotatable bonds is 11. The summed E-state index contributed by atoms with van der Waals surface area (Å²) in [4.78, 5) is 15.8. The number of aromatic amines is 1. The predicted octanol–water partition coefficient (Wildman–Crippen LogP) is -0.688. The van der Waals surface area contributed by atoms with Crippen LogP contribution in [0.4, 0.5) is 0 Å². The molecule has 0 unspecified atom stereocenters. The molecule has 4 rings (SSSR count). The summed E-state index contributed by atoms with van der Waals surface area (Å²) in [7, 11) is 1.30. The van der Waals surface area contributed by atoms with Crippen LogP contribution in [0.25, 0.3) is 10.9 Å². The Hall–Kier alpha value is -2.77. The largest absolute Gasteiger partial charge is 0.471 e. The highest BCUT2D eigenvalue weighted by atomic mass is 16.8. The van der Waals surface area contributed by atoms with Gasteiger partial charge in [-0.05, 0) is 11.6 Å². The molecule has 0 aliphatic carbocycles. The highest BCUT2D eigenvalue weighted by Gasteiger charge is 2.47. The van der Waals surface area contributed by atoms with Gasteiger partial charge in [-0.3, -0.25) is 0 Å². The van der Waals surface area contributed by atoms with Crippen LogP contribution in [0.5, 0.6) is 0 Å². The fourth-order valence-electron chi connectivity index (χ4n) is 5.13. The minimum absolute atomic E-state index is 0.344. The Bertz CT molecular complexity index is 1120. The lowest BCUT2D eigenvalue weighted by molar-refractivity contribution is -0.655. The Morgan fingerprint density at radius 1 is 1.16 bits per heavy atom. The minimum atomic E-state index is -1.58. The zero-order chi connectivity index (χ0) is 27.2. The number of esters is 1. The first kappa shape index (κ1) is 28.2. The molecular weight excluding hydrogens is 496 g/mol. The zero-order valence-corrected chi connectivity index (χ0v) is 21.3. The van der Waals surface area contributed by atoms with E-state index in [4.69, 9.17) is 18.9 Å². The second-order valence-corrected chi connectivity index (χ2v) is 9.59. The van der Waals surface area contributed by atoms with Crippen molar-refractivity contribution in [2.45, 2.75) is 49.8 Å². The number of hydrogen-bond acceptors (Lipinski definition) is 9. The number of nitrogens with one attached hydrogen (secondary N) is 1. The smallest absolute Gasteiger partial charge is 0.337 e. The van der Waals surface area contributed by atoms with Crippen LogP contribution in [0, 0.1) is 11.8 Å². The molecule has 11 heteroatoms. The van der Waals surface area contributed by atoms with Crippen molar-refractivity contribution in [3.05, 3.63) is 60.5 Å². The summed E-state index contributed by atoms with van der Waals surface area (Å²) < 4.78 is 22.0. The van der Waals surface area contributed by atoms with Crippen LogP contribution in [-0.2, 0) is 30.2 Å². The van der Waals surface area contributed by atoms with Gasteiger partial charge in [-0.2, -0.15) is 0 Å². The molecule has 0 spiro atoms. The van der Waals surface area contributed by atoms with E-state index in [1.807, 2.05) is 24.4 Å². The first-order chi connectivity index (χ1) is 18.4. The molecule has 3 heterocycles. The molecule has 0 saturated carbocycles. The predicted molar refractivity (Wildman–Crippen MR) is 135 cm³/mol. The molecule has 7 N–H and O–H groups in total. The number of carbonyl (C=O) groups is 1. The summed E-state index contributed by atoms with van der Waals surface area (Å²) in [5, 5.41) is 43.4. The lowest BCUT2D eigenvalue weighted by Crippen LogP contribution is -2.85. The molecule has 2 aromatic rings. The number of hydrogen-bond donors (Lipinski definition) is 6. The van der Waals surface area contributed by atoms with Crippen LogP contribution in [0.2, 0.25) is 0 Å². The second-order valence-electron chi connectivity index (χ2n) is 9.59. The maximum absolute atomic E-state index is 12.5. The molecule has 38 heavy (non-hydrogen) atoms. The molecule has 208 valence electrons. The van der Waals surface area contributed by atoms with Crippen molar-refractivity contribution in [1.82, 2.24) is 4.98 Å². The van der Waals surface area contributed by atoms with E-state index in [1.54, 1.807) is 6.08 Å².